The van der Waals surface area contributed by atoms with Gasteiger partial charge >= 0.3 is 0 Å². The number of thiazole rings is 1. The van der Waals surface area contributed by atoms with Crippen molar-refractivity contribution in [1.82, 2.24) is 9.29 Å². The molecule has 5 rings (SSSR count). The van der Waals surface area contributed by atoms with Crippen LogP contribution in [0.25, 0.3) is 10.2 Å². The molecule has 0 N–H and O–H groups in total. The van der Waals surface area contributed by atoms with Gasteiger partial charge in [0.1, 0.15) is 5.75 Å². The third kappa shape index (κ3) is 6.76. The summed E-state index contributed by atoms with van der Waals surface area (Å²) < 4.78 is 35.0. The summed E-state index contributed by atoms with van der Waals surface area (Å²) in [6.07, 6.45) is 1.58. The number of hydrogen-bond donors (Lipinski definition) is 0. The molecule has 0 saturated heterocycles. The highest BCUT2D eigenvalue weighted by molar-refractivity contribution is 9.10. The van der Waals surface area contributed by atoms with Gasteiger partial charge in [0.05, 0.1) is 27.9 Å². The highest BCUT2D eigenvalue weighted by Crippen LogP contribution is 2.32. The maximum Gasteiger partial charge on any atom is 0.280 e. The van der Waals surface area contributed by atoms with Crippen molar-refractivity contribution in [1.29, 1.82) is 0 Å². The summed E-state index contributed by atoms with van der Waals surface area (Å²) in [5, 5.41) is 6.13. The van der Waals surface area contributed by atoms with E-state index >= 15 is 0 Å². The van der Waals surface area contributed by atoms with Crippen LogP contribution in [0.3, 0.4) is 0 Å². The first kappa shape index (κ1) is 29.6. The molecule has 5 aromatic rings. The second-order valence-corrected chi connectivity index (χ2v) is 13.2. The van der Waals surface area contributed by atoms with Crippen molar-refractivity contribution >= 4 is 64.8 Å². The minimum atomic E-state index is -3.77. The number of fused-ring (bicyclic) bond motifs is 1. The zero-order valence-corrected chi connectivity index (χ0v) is 26.1. The van der Waals surface area contributed by atoms with Gasteiger partial charge in [-0.15, -0.1) is 0 Å². The van der Waals surface area contributed by atoms with Crippen molar-refractivity contribution < 1.29 is 17.9 Å². The number of hydrazone groups is 1. The Morgan fingerprint density at radius 3 is 2.40 bits per heavy atom. The lowest BCUT2D eigenvalue weighted by atomic mass is 10.2. The van der Waals surface area contributed by atoms with Gasteiger partial charge in [-0.25, -0.2) is 13.4 Å². The van der Waals surface area contributed by atoms with E-state index in [1.807, 2.05) is 79.7 Å². The van der Waals surface area contributed by atoms with Crippen LogP contribution in [0.5, 0.6) is 5.75 Å². The number of nitrogens with zero attached hydrogens (tertiary/aromatic N) is 4. The van der Waals surface area contributed by atoms with Crippen LogP contribution in [0.15, 0.2) is 112 Å². The van der Waals surface area contributed by atoms with Crippen LogP contribution in [-0.4, -0.2) is 43.5 Å². The van der Waals surface area contributed by atoms with Crippen LogP contribution in [0.1, 0.15) is 28.4 Å². The number of halogens is 1. The third-order valence-electron chi connectivity index (χ3n) is 6.28. The van der Waals surface area contributed by atoms with Gasteiger partial charge in [0.15, 0.2) is 0 Å². The summed E-state index contributed by atoms with van der Waals surface area (Å²) in [5.74, 6) is 0.292. The Bertz CT molecular complexity index is 1830. The lowest BCUT2D eigenvalue weighted by molar-refractivity contribution is 0.0987. The number of ether oxygens (including phenoxy) is 1. The van der Waals surface area contributed by atoms with Gasteiger partial charge in [0.2, 0.25) is 15.2 Å². The number of carbonyl (C=O) groups is 1. The molecule has 0 unspecified atom stereocenters. The summed E-state index contributed by atoms with van der Waals surface area (Å²) in [4.78, 5) is 18.5. The maximum absolute atomic E-state index is 13.8. The molecule has 214 valence electrons. The molecule has 11 heteroatoms. The predicted molar refractivity (Wildman–Crippen MR) is 171 cm³/mol. The van der Waals surface area contributed by atoms with Gasteiger partial charge < -0.3 is 4.74 Å². The van der Waals surface area contributed by atoms with Crippen molar-refractivity contribution in [2.24, 2.45) is 5.10 Å². The average Bonchev–Trinajstić information content (AvgIpc) is 3.41. The van der Waals surface area contributed by atoms with Crippen LogP contribution in [0.2, 0.25) is 0 Å². The van der Waals surface area contributed by atoms with Crippen LogP contribution >= 0.6 is 27.3 Å². The maximum atomic E-state index is 13.8. The summed E-state index contributed by atoms with van der Waals surface area (Å²) in [5.41, 5.74) is 2.64. The molecule has 0 atom stereocenters. The first-order valence-corrected chi connectivity index (χ1v) is 16.1. The van der Waals surface area contributed by atoms with Crippen molar-refractivity contribution in [3.63, 3.8) is 0 Å². The number of amides is 1. The minimum absolute atomic E-state index is 0.0896. The van der Waals surface area contributed by atoms with E-state index in [-0.39, 0.29) is 17.0 Å². The lowest BCUT2D eigenvalue weighted by Gasteiger charge is -2.18. The van der Waals surface area contributed by atoms with Gasteiger partial charge in [-0.2, -0.15) is 14.4 Å². The molecule has 1 amide bonds. The summed E-state index contributed by atoms with van der Waals surface area (Å²) >= 11 is 4.81. The molecule has 0 aliphatic carbocycles. The number of aromatic nitrogens is 1. The molecule has 8 nitrogen and oxygen atoms in total. The Hall–Kier alpha value is -3.90. The quantitative estimate of drug-likeness (QED) is 0.119. The zero-order valence-electron chi connectivity index (χ0n) is 22.8. The van der Waals surface area contributed by atoms with E-state index in [1.165, 1.54) is 52.0 Å². The van der Waals surface area contributed by atoms with Crippen LogP contribution in [-0.2, 0) is 16.6 Å². The van der Waals surface area contributed by atoms with Gasteiger partial charge in [-0.3, -0.25) is 4.79 Å². The third-order valence-corrected chi connectivity index (χ3v) is 9.59. The van der Waals surface area contributed by atoms with Gasteiger partial charge in [0, 0.05) is 23.6 Å². The van der Waals surface area contributed by atoms with E-state index in [1.54, 1.807) is 6.21 Å². The lowest BCUT2D eigenvalue weighted by Crippen LogP contribution is -2.27. The largest absolute Gasteiger partial charge is 0.494 e. The molecule has 0 radical (unpaired) electrons. The van der Waals surface area contributed by atoms with Crippen LogP contribution in [0.4, 0.5) is 5.13 Å². The fraction of sp³-hybridized carbons (Fsp3) is 0.129. The number of anilines is 1. The molecule has 1 heterocycles. The molecule has 0 saturated carbocycles. The van der Waals surface area contributed by atoms with E-state index in [4.69, 9.17) is 4.74 Å². The van der Waals surface area contributed by atoms with E-state index < -0.39 is 15.9 Å². The minimum Gasteiger partial charge on any atom is -0.494 e. The van der Waals surface area contributed by atoms with Crippen LogP contribution < -0.4 is 9.75 Å². The van der Waals surface area contributed by atoms with Gasteiger partial charge in [-0.1, -0.05) is 57.6 Å². The standard InChI is InChI=1S/C31H27BrN4O4S2/c1-3-40-26-14-9-22(10-15-26)20-33-36(31-34-28-18-13-25(32)19-29(28)41-31)30(37)24-11-16-27(17-12-24)42(38,39)35(2)21-23-7-5-4-6-8-23/h4-20H,3,21H2,1-2H3/b33-20+. The van der Waals surface area contributed by atoms with Crippen molar-refractivity contribution in [2.75, 3.05) is 18.7 Å². The van der Waals surface area contributed by atoms with Gasteiger partial charge in [0.25, 0.3) is 5.91 Å². The van der Waals surface area contributed by atoms with Gasteiger partial charge in [-0.05, 0) is 84.8 Å². The summed E-state index contributed by atoms with van der Waals surface area (Å²) in [7, 11) is -2.24. The summed E-state index contributed by atoms with van der Waals surface area (Å²) in [6.45, 7) is 2.71. The Morgan fingerprint density at radius 2 is 1.71 bits per heavy atom. The molecule has 4 aromatic carbocycles. The van der Waals surface area contributed by atoms with E-state index in [9.17, 15) is 13.2 Å². The number of carbonyl (C=O) groups excluding carboxylic acids is 1. The van der Waals surface area contributed by atoms with E-state index in [2.05, 4.69) is 26.0 Å². The highest BCUT2D eigenvalue weighted by atomic mass is 79.9. The first-order chi connectivity index (χ1) is 20.2. The van der Waals surface area contributed by atoms with Crippen molar-refractivity contribution in [2.45, 2.75) is 18.4 Å². The molecule has 42 heavy (non-hydrogen) atoms. The fourth-order valence-corrected chi connectivity index (χ4v) is 6.74. The first-order valence-electron chi connectivity index (χ1n) is 13.0. The number of rotatable bonds is 10. The molecule has 0 spiro atoms. The predicted octanol–water partition coefficient (Wildman–Crippen LogP) is 6.96. The number of hydrogen-bond acceptors (Lipinski definition) is 7. The monoisotopic (exact) mass is 662 g/mol. The molecule has 0 bridgehead atoms. The second kappa shape index (κ2) is 13.0. The van der Waals surface area contributed by atoms with Crippen molar-refractivity contribution in [3.05, 3.63) is 118 Å². The summed E-state index contributed by atoms with van der Waals surface area (Å²) in [6, 6.07) is 28.3. The normalized spacial score (nSPS) is 11.8. The number of benzene rings is 4. The molecular formula is C31H27BrN4O4S2. The Kier molecular flexibility index (Phi) is 9.12. The molecular weight excluding hydrogens is 636 g/mol. The van der Waals surface area contributed by atoms with Crippen molar-refractivity contribution in [3.8, 4) is 5.75 Å². The molecule has 1 aromatic heterocycles. The van der Waals surface area contributed by atoms with E-state index in [0.29, 0.717) is 11.7 Å². The SMILES string of the molecule is CCOc1ccc(/C=N/N(C(=O)c2ccc(S(=O)(=O)N(C)Cc3ccccc3)cc2)c2nc3ccc(Br)cc3s2)cc1. The second-order valence-electron chi connectivity index (χ2n) is 9.24. The molecule has 0 fully saturated rings. The molecule has 0 aliphatic rings. The Labute approximate surface area is 257 Å². The smallest absolute Gasteiger partial charge is 0.280 e. The Morgan fingerprint density at radius 1 is 1.00 bits per heavy atom. The fourth-order valence-electron chi connectivity index (χ4n) is 4.10. The van der Waals surface area contributed by atoms with Crippen LogP contribution in [0, 0.1) is 0 Å². The topological polar surface area (TPSA) is 92.2 Å². The Balaban J connectivity index is 1.43. The molecule has 0 aliphatic heterocycles. The van der Waals surface area contributed by atoms with E-state index in [0.717, 1.165) is 31.6 Å². The number of sulfonamides is 1. The zero-order chi connectivity index (χ0) is 29.7. The highest BCUT2D eigenvalue weighted by Gasteiger charge is 2.24. The average molecular weight is 664 g/mol.